The molecule has 182 valence electrons. The van der Waals surface area contributed by atoms with Gasteiger partial charge in [0.1, 0.15) is 11.2 Å². The van der Waals surface area contributed by atoms with Crippen LogP contribution in [0.1, 0.15) is 44.9 Å². The van der Waals surface area contributed by atoms with Crippen LogP contribution < -0.4 is 0 Å². The highest BCUT2D eigenvalue weighted by Crippen LogP contribution is 2.39. The molecule has 1 fully saturated rings. The average molecular weight is 506 g/mol. The Hall–Kier alpha value is -2.62. The predicted molar refractivity (Wildman–Crippen MR) is 130 cm³/mol. The molecule has 4 rings (SSSR count). The number of amides is 1. The lowest BCUT2D eigenvalue weighted by Gasteiger charge is -2.38. The summed E-state index contributed by atoms with van der Waals surface area (Å²) in [6, 6.07) is 12.0. The number of likely N-dealkylation sites (tertiary alicyclic amines) is 1. The van der Waals surface area contributed by atoms with E-state index in [2.05, 4.69) is 4.98 Å². The first-order valence-corrected chi connectivity index (χ1v) is 13.0. The first-order chi connectivity index (χ1) is 15.9. The van der Waals surface area contributed by atoms with Crippen LogP contribution in [0.3, 0.4) is 0 Å². The molecule has 8 nitrogen and oxygen atoms in total. The number of nitrogens with zero attached hydrogens (tertiary/aromatic N) is 3. The van der Waals surface area contributed by atoms with Crippen LogP contribution in [0, 0.1) is 0 Å². The zero-order valence-corrected chi connectivity index (χ0v) is 20.9. The summed E-state index contributed by atoms with van der Waals surface area (Å²) < 4.78 is 33.8. The molecule has 3 heterocycles. The summed E-state index contributed by atoms with van der Waals surface area (Å²) in [6.07, 6.45) is 1.26. The number of aliphatic hydroxyl groups is 1. The van der Waals surface area contributed by atoms with E-state index in [0.29, 0.717) is 16.0 Å². The van der Waals surface area contributed by atoms with Gasteiger partial charge in [-0.25, -0.2) is 22.2 Å². The number of carbonyl (C=O) groups is 1. The van der Waals surface area contributed by atoms with Crippen molar-refractivity contribution in [3.8, 4) is 0 Å². The van der Waals surface area contributed by atoms with Crippen molar-refractivity contribution in [2.45, 2.75) is 50.6 Å². The maximum atomic E-state index is 13.6. The summed E-state index contributed by atoms with van der Waals surface area (Å²) in [4.78, 5) is 18.3. The molecule has 3 aromatic rings. The van der Waals surface area contributed by atoms with E-state index in [1.165, 1.54) is 11.1 Å². The van der Waals surface area contributed by atoms with Crippen molar-refractivity contribution in [1.82, 2.24) is 13.9 Å². The lowest BCUT2D eigenvalue weighted by Crippen LogP contribution is -2.47. The number of pyridine rings is 1. The van der Waals surface area contributed by atoms with Crippen LogP contribution in [0.2, 0.25) is 5.02 Å². The molecule has 1 N–H and O–H groups in total. The number of halogens is 1. The number of fused-ring (bicyclic) bond motifs is 1. The molecule has 2 aromatic heterocycles. The van der Waals surface area contributed by atoms with E-state index in [1.54, 1.807) is 57.2 Å². The lowest BCUT2D eigenvalue weighted by molar-refractivity contribution is -0.0384. The lowest BCUT2D eigenvalue weighted by atomic mass is 9.88. The highest BCUT2D eigenvalue weighted by Gasteiger charge is 2.41. The van der Waals surface area contributed by atoms with Crippen molar-refractivity contribution < 1.29 is 23.1 Å². The van der Waals surface area contributed by atoms with Crippen molar-refractivity contribution in [2.75, 3.05) is 13.1 Å². The van der Waals surface area contributed by atoms with Gasteiger partial charge < -0.3 is 14.7 Å². The molecule has 0 unspecified atom stereocenters. The van der Waals surface area contributed by atoms with Crippen LogP contribution in [-0.4, -0.2) is 52.2 Å². The van der Waals surface area contributed by atoms with E-state index < -0.39 is 27.3 Å². The third kappa shape index (κ3) is 4.92. The Bertz CT molecular complexity index is 1310. The molecule has 1 aromatic carbocycles. The summed E-state index contributed by atoms with van der Waals surface area (Å²) in [5.74, 6) is -0.265. The van der Waals surface area contributed by atoms with Gasteiger partial charge in [0, 0.05) is 24.7 Å². The fraction of sp³-hybridized carbons (Fsp3) is 0.417. The van der Waals surface area contributed by atoms with E-state index >= 15 is 0 Å². The van der Waals surface area contributed by atoms with Crippen molar-refractivity contribution in [2.24, 2.45) is 0 Å². The molecule has 0 radical (unpaired) electrons. The Kier molecular flexibility index (Phi) is 6.39. The molecule has 0 bridgehead atoms. The number of hydrogen-bond acceptors (Lipinski definition) is 6. The number of carbonyl (C=O) groups excluding carboxylic acids is 1. The Morgan fingerprint density at radius 3 is 2.44 bits per heavy atom. The number of aromatic nitrogens is 2. The van der Waals surface area contributed by atoms with Gasteiger partial charge in [0.15, 0.2) is 5.65 Å². The maximum absolute atomic E-state index is 13.6. The first-order valence-electron chi connectivity index (χ1n) is 11.0. The van der Waals surface area contributed by atoms with Crippen LogP contribution in [-0.2, 0) is 26.1 Å². The quantitative estimate of drug-likeness (QED) is 0.567. The van der Waals surface area contributed by atoms with Crippen LogP contribution in [0.25, 0.3) is 11.0 Å². The largest absolute Gasteiger partial charge is 0.444 e. The van der Waals surface area contributed by atoms with Crippen molar-refractivity contribution in [3.63, 3.8) is 0 Å². The number of ether oxygens (including phenoxy) is 1. The monoisotopic (exact) mass is 505 g/mol. The summed E-state index contributed by atoms with van der Waals surface area (Å²) in [5, 5.41) is 12.4. The normalized spacial score (nSPS) is 16.6. The van der Waals surface area contributed by atoms with Crippen molar-refractivity contribution >= 4 is 38.8 Å². The molecular formula is C24H28ClN3O5S. The molecule has 0 atom stereocenters. The number of piperidine rings is 1. The Morgan fingerprint density at radius 1 is 1.18 bits per heavy atom. The van der Waals surface area contributed by atoms with Crippen LogP contribution in [0.15, 0.2) is 48.7 Å². The van der Waals surface area contributed by atoms with E-state index in [-0.39, 0.29) is 43.0 Å². The van der Waals surface area contributed by atoms with Gasteiger partial charge in [0.2, 0.25) is 10.0 Å². The maximum Gasteiger partial charge on any atom is 0.410 e. The minimum Gasteiger partial charge on any atom is -0.444 e. The zero-order valence-electron chi connectivity index (χ0n) is 19.4. The third-order valence-electron chi connectivity index (χ3n) is 5.80. The molecule has 1 aliphatic heterocycles. The summed E-state index contributed by atoms with van der Waals surface area (Å²) in [5.41, 5.74) is -1.15. The molecule has 0 spiro atoms. The van der Waals surface area contributed by atoms with E-state index in [4.69, 9.17) is 16.3 Å². The summed E-state index contributed by atoms with van der Waals surface area (Å²) >= 11 is 6.36. The predicted octanol–water partition coefficient (Wildman–Crippen LogP) is 4.29. The average Bonchev–Trinajstić information content (AvgIpc) is 3.16. The van der Waals surface area contributed by atoms with E-state index in [0.717, 1.165) is 3.97 Å². The second-order valence-corrected chi connectivity index (χ2v) is 11.8. The van der Waals surface area contributed by atoms with Gasteiger partial charge in [0.25, 0.3) is 0 Å². The zero-order chi connectivity index (χ0) is 24.7. The molecular weight excluding hydrogens is 478 g/mol. The second-order valence-electron chi connectivity index (χ2n) is 9.56. The minimum atomic E-state index is -3.96. The van der Waals surface area contributed by atoms with Crippen LogP contribution >= 0.6 is 11.6 Å². The second kappa shape index (κ2) is 8.87. The van der Waals surface area contributed by atoms with Crippen LogP contribution in [0.5, 0.6) is 0 Å². The van der Waals surface area contributed by atoms with Crippen molar-refractivity contribution in [1.29, 1.82) is 0 Å². The molecule has 10 heteroatoms. The minimum absolute atomic E-state index is 0.140. The first kappa shape index (κ1) is 24.5. The van der Waals surface area contributed by atoms with E-state index in [9.17, 15) is 18.3 Å². The van der Waals surface area contributed by atoms with Gasteiger partial charge in [-0.2, -0.15) is 0 Å². The molecule has 1 amide bonds. The standard InChI is InChI=1S/C24H28ClN3O5S/c1-23(2,3)33-22(29)27-13-10-24(30,11-14-27)20-15-18-19(25)9-12-26-21(18)28(20)34(31,32)16-17-7-5-4-6-8-17/h4-9,12,15,30H,10-11,13-14,16H2,1-3H3. The SMILES string of the molecule is CC(C)(C)OC(=O)N1CCC(O)(c2cc3c(Cl)ccnc3n2S(=O)(=O)Cc2ccccc2)CC1. The number of rotatable bonds is 4. The molecule has 1 saturated heterocycles. The van der Waals surface area contributed by atoms with Gasteiger partial charge in [-0.15, -0.1) is 0 Å². The van der Waals surface area contributed by atoms with Gasteiger partial charge in [-0.05, 0) is 51.3 Å². The fourth-order valence-electron chi connectivity index (χ4n) is 4.14. The Morgan fingerprint density at radius 2 is 1.82 bits per heavy atom. The van der Waals surface area contributed by atoms with Crippen molar-refractivity contribution in [3.05, 3.63) is 64.9 Å². The Labute approximate surface area is 204 Å². The highest BCUT2D eigenvalue weighted by atomic mass is 35.5. The van der Waals surface area contributed by atoms with Gasteiger partial charge in [-0.3, -0.25) is 0 Å². The molecule has 34 heavy (non-hydrogen) atoms. The third-order valence-corrected chi connectivity index (χ3v) is 7.75. The molecule has 0 aliphatic carbocycles. The molecule has 1 aliphatic rings. The van der Waals surface area contributed by atoms with Gasteiger partial charge >= 0.3 is 6.09 Å². The highest BCUT2D eigenvalue weighted by molar-refractivity contribution is 7.89. The number of benzene rings is 1. The topological polar surface area (TPSA) is 102 Å². The summed E-state index contributed by atoms with van der Waals surface area (Å²) in [7, 11) is -3.96. The van der Waals surface area contributed by atoms with Gasteiger partial charge in [-0.1, -0.05) is 41.9 Å². The summed E-state index contributed by atoms with van der Waals surface area (Å²) in [6.45, 7) is 5.80. The molecule has 0 saturated carbocycles. The fourth-order valence-corrected chi connectivity index (χ4v) is 6.01. The number of hydrogen-bond donors (Lipinski definition) is 1. The smallest absolute Gasteiger partial charge is 0.410 e. The van der Waals surface area contributed by atoms with Gasteiger partial charge in [0.05, 0.1) is 16.5 Å². The van der Waals surface area contributed by atoms with Crippen LogP contribution in [0.4, 0.5) is 4.79 Å². The van der Waals surface area contributed by atoms with E-state index in [1.807, 2.05) is 6.07 Å². The Balaban J connectivity index is 1.72.